The molecular weight excluding hydrogens is 273 g/mol. The average molecular weight is 287 g/mol. The van der Waals surface area contributed by atoms with Gasteiger partial charge in [0.05, 0.1) is 0 Å². The molecule has 0 bridgehead atoms. The van der Waals surface area contributed by atoms with Crippen molar-refractivity contribution in [2.45, 2.75) is 25.3 Å². The van der Waals surface area contributed by atoms with Crippen molar-refractivity contribution in [3.63, 3.8) is 0 Å². The number of halogens is 2. The summed E-state index contributed by atoms with van der Waals surface area (Å²) in [7, 11) is 0. The Morgan fingerprint density at radius 2 is 2.13 bits per heavy atom. The quantitative estimate of drug-likeness (QED) is 0.830. The number of fused-ring (bicyclic) bond motifs is 1. The highest BCUT2D eigenvalue weighted by molar-refractivity contribution is 9.10. The van der Waals surface area contributed by atoms with Crippen molar-refractivity contribution in [1.29, 1.82) is 0 Å². The summed E-state index contributed by atoms with van der Waals surface area (Å²) in [6.45, 7) is 1.08. The Bertz CT molecular complexity index is 401. The Kier molecular flexibility index (Phi) is 2.54. The molecule has 0 saturated heterocycles. The van der Waals surface area contributed by atoms with Crippen molar-refractivity contribution in [3.05, 3.63) is 32.8 Å². The molecule has 1 aliphatic carbocycles. The highest BCUT2D eigenvalue weighted by atomic mass is 79.9. The van der Waals surface area contributed by atoms with Crippen molar-refractivity contribution < 1.29 is 0 Å². The molecule has 0 spiro atoms. The second-order valence-electron chi connectivity index (χ2n) is 4.44. The molecule has 1 aromatic carbocycles. The Morgan fingerprint density at radius 3 is 2.87 bits per heavy atom. The van der Waals surface area contributed by atoms with Crippen LogP contribution in [0.15, 0.2) is 16.6 Å². The minimum absolute atomic E-state index is 0.499. The van der Waals surface area contributed by atoms with E-state index < -0.39 is 0 Å². The zero-order valence-corrected chi connectivity index (χ0v) is 10.7. The fourth-order valence-electron chi connectivity index (χ4n) is 2.49. The summed E-state index contributed by atoms with van der Waals surface area (Å²) in [6, 6.07) is 4.57. The predicted molar refractivity (Wildman–Crippen MR) is 66.3 cm³/mol. The first-order chi connectivity index (χ1) is 7.27. The van der Waals surface area contributed by atoms with Gasteiger partial charge in [0.1, 0.15) is 0 Å². The molecule has 1 heterocycles. The smallest absolute Gasteiger partial charge is 0.0457 e. The van der Waals surface area contributed by atoms with Gasteiger partial charge >= 0.3 is 0 Å². The second-order valence-corrected chi connectivity index (χ2v) is 5.70. The topological polar surface area (TPSA) is 12.0 Å². The van der Waals surface area contributed by atoms with Crippen molar-refractivity contribution >= 4 is 27.5 Å². The molecule has 0 aromatic heterocycles. The van der Waals surface area contributed by atoms with Crippen LogP contribution in [0.1, 0.15) is 30.0 Å². The van der Waals surface area contributed by atoms with Crippen LogP contribution in [0.2, 0.25) is 5.02 Å². The van der Waals surface area contributed by atoms with Gasteiger partial charge in [0.15, 0.2) is 0 Å². The van der Waals surface area contributed by atoms with E-state index in [-0.39, 0.29) is 0 Å². The van der Waals surface area contributed by atoms with Crippen LogP contribution in [0.5, 0.6) is 0 Å². The SMILES string of the molecule is Clc1ccc(Br)c2c1C(C1CC1)NCC2. The molecular formula is C12H13BrClN. The lowest BCUT2D eigenvalue weighted by molar-refractivity contribution is 0.457. The lowest BCUT2D eigenvalue weighted by Crippen LogP contribution is -2.31. The van der Waals surface area contributed by atoms with Crippen LogP contribution in [0.3, 0.4) is 0 Å². The third kappa shape index (κ3) is 1.73. The predicted octanol–water partition coefficient (Wildman–Crippen LogP) is 3.70. The van der Waals surface area contributed by atoms with Crippen LogP contribution in [0.25, 0.3) is 0 Å². The maximum Gasteiger partial charge on any atom is 0.0457 e. The van der Waals surface area contributed by atoms with Gasteiger partial charge in [0.2, 0.25) is 0 Å². The molecule has 1 unspecified atom stereocenters. The van der Waals surface area contributed by atoms with E-state index in [0.29, 0.717) is 6.04 Å². The first kappa shape index (κ1) is 10.1. The number of hydrogen-bond donors (Lipinski definition) is 1. The van der Waals surface area contributed by atoms with E-state index in [1.807, 2.05) is 6.07 Å². The third-order valence-corrected chi connectivity index (χ3v) is 4.46. The van der Waals surface area contributed by atoms with Crippen LogP contribution >= 0.6 is 27.5 Å². The van der Waals surface area contributed by atoms with Crippen molar-refractivity contribution in [3.8, 4) is 0 Å². The standard InChI is InChI=1S/C12H13BrClN/c13-9-3-4-10(14)11-8(9)5-6-15-12(11)7-1-2-7/h3-4,7,12,15H,1-2,5-6H2. The number of nitrogens with one attached hydrogen (secondary N) is 1. The first-order valence-corrected chi connectivity index (χ1v) is 6.64. The van der Waals surface area contributed by atoms with Gasteiger partial charge in [-0.15, -0.1) is 0 Å². The zero-order valence-electron chi connectivity index (χ0n) is 8.39. The molecule has 1 aliphatic heterocycles. The van der Waals surface area contributed by atoms with Gasteiger partial charge < -0.3 is 5.32 Å². The van der Waals surface area contributed by atoms with Gasteiger partial charge in [-0.3, -0.25) is 0 Å². The van der Waals surface area contributed by atoms with Gasteiger partial charge in [-0.25, -0.2) is 0 Å². The van der Waals surface area contributed by atoms with Gasteiger partial charge in [-0.05, 0) is 55.0 Å². The minimum atomic E-state index is 0.499. The summed E-state index contributed by atoms with van der Waals surface area (Å²) in [5.41, 5.74) is 2.76. The van der Waals surface area contributed by atoms with Crippen molar-refractivity contribution in [1.82, 2.24) is 5.32 Å². The van der Waals surface area contributed by atoms with Crippen molar-refractivity contribution in [2.24, 2.45) is 5.92 Å². The summed E-state index contributed by atoms with van der Waals surface area (Å²) in [6.07, 6.45) is 3.78. The van der Waals surface area contributed by atoms with Gasteiger partial charge in [-0.2, -0.15) is 0 Å². The van der Waals surface area contributed by atoms with E-state index >= 15 is 0 Å². The highest BCUT2D eigenvalue weighted by Gasteiger charge is 2.36. The molecule has 15 heavy (non-hydrogen) atoms. The lowest BCUT2D eigenvalue weighted by Gasteiger charge is -2.28. The fraction of sp³-hybridized carbons (Fsp3) is 0.500. The van der Waals surface area contributed by atoms with Gasteiger partial charge in [-0.1, -0.05) is 27.5 Å². The van der Waals surface area contributed by atoms with Gasteiger partial charge in [0.25, 0.3) is 0 Å². The van der Waals surface area contributed by atoms with Crippen LogP contribution in [-0.2, 0) is 6.42 Å². The molecule has 0 amide bonds. The van der Waals surface area contributed by atoms with Crippen LogP contribution in [0.4, 0.5) is 0 Å². The van der Waals surface area contributed by atoms with Crippen molar-refractivity contribution in [2.75, 3.05) is 6.54 Å². The van der Waals surface area contributed by atoms with Crippen LogP contribution in [0, 0.1) is 5.92 Å². The Hall–Kier alpha value is -0.0500. The van der Waals surface area contributed by atoms with E-state index in [4.69, 9.17) is 11.6 Å². The molecule has 3 heteroatoms. The molecule has 1 aromatic rings. The second kappa shape index (κ2) is 3.76. The Labute approximate surface area is 103 Å². The molecule has 1 atom stereocenters. The normalized spacial score (nSPS) is 25.1. The largest absolute Gasteiger partial charge is 0.309 e. The molecule has 2 aliphatic rings. The maximum absolute atomic E-state index is 6.32. The summed E-state index contributed by atoms with van der Waals surface area (Å²) in [4.78, 5) is 0. The number of benzene rings is 1. The fourth-order valence-corrected chi connectivity index (χ4v) is 3.33. The molecule has 3 rings (SSSR count). The summed E-state index contributed by atoms with van der Waals surface area (Å²) in [5.74, 6) is 0.816. The third-order valence-electron chi connectivity index (χ3n) is 3.39. The number of rotatable bonds is 1. The lowest BCUT2D eigenvalue weighted by atomic mass is 9.91. The molecule has 1 fully saturated rings. The van der Waals surface area contributed by atoms with Gasteiger partial charge in [0, 0.05) is 15.5 Å². The minimum Gasteiger partial charge on any atom is -0.309 e. The molecule has 1 saturated carbocycles. The average Bonchev–Trinajstić information content (AvgIpc) is 3.07. The van der Waals surface area contributed by atoms with E-state index in [0.717, 1.165) is 23.9 Å². The van der Waals surface area contributed by atoms with Crippen LogP contribution in [-0.4, -0.2) is 6.54 Å². The summed E-state index contributed by atoms with van der Waals surface area (Å²) < 4.78 is 1.22. The molecule has 0 radical (unpaired) electrons. The van der Waals surface area contributed by atoms with E-state index in [9.17, 15) is 0 Å². The summed E-state index contributed by atoms with van der Waals surface area (Å²) in [5, 5.41) is 4.53. The molecule has 1 N–H and O–H groups in total. The summed E-state index contributed by atoms with van der Waals surface area (Å²) >= 11 is 9.95. The van der Waals surface area contributed by atoms with E-state index in [1.54, 1.807) is 0 Å². The maximum atomic E-state index is 6.32. The van der Waals surface area contributed by atoms with E-state index in [1.165, 1.54) is 28.4 Å². The monoisotopic (exact) mass is 285 g/mol. The van der Waals surface area contributed by atoms with Crippen LogP contribution < -0.4 is 5.32 Å². The zero-order chi connectivity index (χ0) is 10.4. The number of hydrogen-bond acceptors (Lipinski definition) is 1. The Balaban J connectivity index is 2.11. The highest BCUT2D eigenvalue weighted by Crippen LogP contribution is 2.46. The van der Waals surface area contributed by atoms with E-state index in [2.05, 4.69) is 27.3 Å². The first-order valence-electron chi connectivity index (χ1n) is 5.47. The Morgan fingerprint density at radius 1 is 1.33 bits per heavy atom. The molecule has 80 valence electrons. The molecule has 1 nitrogen and oxygen atoms in total.